The van der Waals surface area contributed by atoms with E-state index in [9.17, 15) is 4.79 Å². The van der Waals surface area contributed by atoms with Crippen molar-refractivity contribution in [1.82, 2.24) is 9.55 Å². The van der Waals surface area contributed by atoms with Crippen molar-refractivity contribution in [3.63, 3.8) is 0 Å². The molecular weight excluding hydrogens is 248 g/mol. The number of carboxylic acids is 1. The summed E-state index contributed by atoms with van der Waals surface area (Å²) in [5.74, 6) is -0.925. The summed E-state index contributed by atoms with van der Waals surface area (Å²) in [6.45, 7) is 4.81. The lowest BCUT2D eigenvalue weighted by Crippen LogP contribution is -1.98. The molecule has 0 fully saturated rings. The van der Waals surface area contributed by atoms with Crippen molar-refractivity contribution >= 4 is 23.4 Å². The Morgan fingerprint density at radius 2 is 2.28 bits per heavy atom. The first-order valence-electron chi connectivity index (χ1n) is 5.54. The molecule has 0 aliphatic rings. The monoisotopic (exact) mass is 262 g/mol. The fourth-order valence-electron chi connectivity index (χ4n) is 1.59. The second-order valence-electron chi connectivity index (χ2n) is 4.02. The van der Waals surface area contributed by atoms with Crippen LogP contribution in [0.4, 0.5) is 0 Å². The number of thiophene rings is 1. The maximum absolute atomic E-state index is 10.4. The van der Waals surface area contributed by atoms with Crippen LogP contribution < -0.4 is 0 Å². The molecule has 0 saturated carbocycles. The molecule has 0 bridgehead atoms. The van der Waals surface area contributed by atoms with Gasteiger partial charge in [0.25, 0.3) is 0 Å². The van der Waals surface area contributed by atoms with Gasteiger partial charge in [-0.15, -0.1) is 11.3 Å². The Balaban J connectivity index is 2.11. The Hall–Kier alpha value is -1.88. The van der Waals surface area contributed by atoms with Crippen molar-refractivity contribution in [3.8, 4) is 0 Å². The SMILES string of the molecule is Cc1ncn(Cc2ccc(C=CC(=O)O)s2)c1C. The fourth-order valence-corrected chi connectivity index (χ4v) is 2.51. The number of hydrogen-bond donors (Lipinski definition) is 1. The Labute approximate surface area is 109 Å². The summed E-state index contributed by atoms with van der Waals surface area (Å²) in [5.41, 5.74) is 2.20. The molecule has 94 valence electrons. The third-order valence-electron chi connectivity index (χ3n) is 2.74. The van der Waals surface area contributed by atoms with Gasteiger partial charge in [0.1, 0.15) is 0 Å². The second-order valence-corrected chi connectivity index (χ2v) is 5.22. The Kier molecular flexibility index (Phi) is 3.62. The van der Waals surface area contributed by atoms with Crippen molar-refractivity contribution in [2.75, 3.05) is 0 Å². The van der Waals surface area contributed by atoms with Crippen LogP contribution in [0.5, 0.6) is 0 Å². The third-order valence-corrected chi connectivity index (χ3v) is 3.78. The topological polar surface area (TPSA) is 55.1 Å². The molecule has 2 aromatic rings. The molecule has 0 aliphatic heterocycles. The molecule has 0 unspecified atom stereocenters. The summed E-state index contributed by atoms with van der Waals surface area (Å²) in [6, 6.07) is 3.94. The minimum Gasteiger partial charge on any atom is -0.478 e. The third kappa shape index (κ3) is 2.87. The van der Waals surface area contributed by atoms with Crippen LogP contribution in [0.2, 0.25) is 0 Å². The van der Waals surface area contributed by atoms with Gasteiger partial charge in [0.2, 0.25) is 0 Å². The van der Waals surface area contributed by atoms with Crippen molar-refractivity contribution in [3.05, 3.63) is 45.7 Å². The van der Waals surface area contributed by atoms with E-state index < -0.39 is 5.97 Å². The zero-order valence-corrected chi connectivity index (χ0v) is 11.1. The quantitative estimate of drug-likeness (QED) is 0.862. The molecule has 0 spiro atoms. The average molecular weight is 262 g/mol. The molecule has 2 aromatic heterocycles. The van der Waals surface area contributed by atoms with Crippen molar-refractivity contribution in [2.45, 2.75) is 20.4 Å². The number of nitrogens with zero attached hydrogens (tertiary/aromatic N) is 2. The number of aromatic nitrogens is 2. The molecule has 0 amide bonds. The van der Waals surface area contributed by atoms with Gasteiger partial charge in [0.05, 0.1) is 18.6 Å². The normalized spacial score (nSPS) is 11.2. The predicted molar refractivity (Wildman–Crippen MR) is 71.8 cm³/mol. The summed E-state index contributed by atoms with van der Waals surface area (Å²) in [6.07, 6.45) is 4.60. The van der Waals surface area contributed by atoms with Gasteiger partial charge in [-0.3, -0.25) is 0 Å². The minimum absolute atomic E-state index is 0.776. The van der Waals surface area contributed by atoms with E-state index >= 15 is 0 Å². The first-order valence-corrected chi connectivity index (χ1v) is 6.36. The van der Waals surface area contributed by atoms with E-state index in [2.05, 4.69) is 9.55 Å². The number of carboxylic acid groups (broad SMARTS) is 1. The van der Waals surface area contributed by atoms with Gasteiger partial charge >= 0.3 is 5.97 Å². The van der Waals surface area contributed by atoms with E-state index in [1.54, 1.807) is 17.4 Å². The summed E-state index contributed by atoms with van der Waals surface area (Å²) in [4.78, 5) is 16.8. The van der Waals surface area contributed by atoms with Crippen LogP contribution >= 0.6 is 11.3 Å². The highest BCUT2D eigenvalue weighted by Gasteiger charge is 2.04. The first kappa shape index (κ1) is 12.6. The Bertz CT molecular complexity index is 596. The van der Waals surface area contributed by atoms with Crippen LogP contribution in [-0.2, 0) is 11.3 Å². The van der Waals surface area contributed by atoms with E-state index in [-0.39, 0.29) is 0 Å². The molecular formula is C13H14N2O2S. The van der Waals surface area contributed by atoms with Crippen LogP contribution in [-0.4, -0.2) is 20.6 Å². The second kappa shape index (κ2) is 5.18. The Morgan fingerprint density at radius 3 is 2.89 bits per heavy atom. The van der Waals surface area contributed by atoms with Gasteiger partial charge in [-0.05, 0) is 32.1 Å². The van der Waals surface area contributed by atoms with Gasteiger partial charge in [-0.1, -0.05) is 0 Å². The van der Waals surface area contributed by atoms with Crippen LogP contribution in [0.25, 0.3) is 6.08 Å². The van der Waals surface area contributed by atoms with Gasteiger partial charge < -0.3 is 9.67 Å². The van der Waals surface area contributed by atoms with E-state index in [0.717, 1.165) is 28.9 Å². The number of imidazole rings is 1. The van der Waals surface area contributed by atoms with E-state index in [0.29, 0.717) is 0 Å². The highest BCUT2D eigenvalue weighted by molar-refractivity contribution is 7.12. The maximum Gasteiger partial charge on any atom is 0.328 e. The highest BCUT2D eigenvalue weighted by atomic mass is 32.1. The van der Waals surface area contributed by atoms with Crippen LogP contribution in [0.3, 0.4) is 0 Å². The maximum atomic E-state index is 10.4. The highest BCUT2D eigenvalue weighted by Crippen LogP contribution is 2.20. The number of carbonyl (C=O) groups is 1. The standard InChI is InChI=1S/C13H14N2O2S/c1-9-10(2)15(8-14-9)7-12-4-3-11(18-12)5-6-13(16)17/h3-6,8H,7H2,1-2H3,(H,16,17). The fraction of sp³-hybridized carbons (Fsp3) is 0.231. The lowest BCUT2D eigenvalue weighted by molar-refractivity contribution is -0.131. The van der Waals surface area contributed by atoms with Gasteiger partial charge in [-0.2, -0.15) is 0 Å². The molecule has 0 radical (unpaired) electrons. The van der Waals surface area contributed by atoms with Gasteiger partial charge in [-0.25, -0.2) is 9.78 Å². The van der Waals surface area contributed by atoms with Crippen LogP contribution in [0.1, 0.15) is 21.1 Å². The summed E-state index contributed by atoms with van der Waals surface area (Å²) in [5, 5.41) is 8.56. The molecule has 18 heavy (non-hydrogen) atoms. The number of hydrogen-bond acceptors (Lipinski definition) is 3. The molecule has 0 saturated heterocycles. The number of aryl methyl sites for hydroxylation is 1. The van der Waals surface area contributed by atoms with Crippen molar-refractivity contribution in [1.29, 1.82) is 0 Å². The Morgan fingerprint density at radius 1 is 1.50 bits per heavy atom. The number of aliphatic carboxylic acids is 1. The molecule has 2 rings (SSSR count). The molecule has 0 aliphatic carbocycles. The van der Waals surface area contributed by atoms with E-state index in [4.69, 9.17) is 5.11 Å². The zero-order chi connectivity index (χ0) is 13.1. The lowest BCUT2D eigenvalue weighted by atomic mass is 10.3. The largest absolute Gasteiger partial charge is 0.478 e. The first-order chi connectivity index (χ1) is 8.56. The van der Waals surface area contributed by atoms with Crippen molar-refractivity contribution < 1.29 is 9.90 Å². The molecule has 1 N–H and O–H groups in total. The van der Waals surface area contributed by atoms with Crippen molar-refractivity contribution in [2.24, 2.45) is 0 Å². The van der Waals surface area contributed by atoms with Crippen LogP contribution in [0, 0.1) is 13.8 Å². The van der Waals surface area contributed by atoms with Gasteiger partial charge in [0, 0.05) is 21.5 Å². The molecule has 2 heterocycles. The average Bonchev–Trinajstić information content (AvgIpc) is 2.89. The molecule has 0 atom stereocenters. The van der Waals surface area contributed by atoms with Crippen LogP contribution in [0.15, 0.2) is 24.5 Å². The molecule has 5 heteroatoms. The van der Waals surface area contributed by atoms with Gasteiger partial charge in [0.15, 0.2) is 0 Å². The minimum atomic E-state index is -0.925. The smallest absolute Gasteiger partial charge is 0.328 e. The molecule has 4 nitrogen and oxygen atoms in total. The summed E-state index contributed by atoms with van der Waals surface area (Å²) >= 11 is 1.59. The predicted octanol–water partition coefficient (Wildman–Crippen LogP) is 2.71. The number of rotatable bonds is 4. The zero-order valence-electron chi connectivity index (χ0n) is 10.3. The molecule has 0 aromatic carbocycles. The van der Waals surface area contributed by atoms with E-state index in [1.165, 1.54) is 4.88 Å². The summed E-state index contributed by atoms with van der Waals surface area (Å²) < 4.78 is 2.09. The van der Waals surface area contributed by atoms with E-state index in [1.807, 2.05) is 32.3 Å². The summed E-state index contributed by atoms with van der Waals surface area (Å²) in [7, 11) is 0. The lowest BCUT2D eigenvalue weighted by Gasteiger charge is -2.02.